The summed E-state index contributed by atoms with van der Waals surface area (Å²) in [5.74, 6) is 1.73. The number of nitrogens with zero attached hydrogens (tertiary/aromatic N) is 3. The highest BCUT2D eigenvalue weighted by atomic mass is 15.0. The van der Waals surface area contributed by atoms with Gasteiger partial charge in [0.2, 0.25) is 0 Å². The average Bonchev–Trinajstić information content (AvgIpc) is 2.69. The molecule has 0 amide bonds. The van der Waals surface area contributed by atoms with Crippen molar-refractivity contribution in [2.24, 2.45) is 0 Å². The monoisotopic (exact) mass is 203 g/mol. The highest BCUT2D eigenvalue weighted by molar-refractivity contribution is 5.51. The lowest BCUT2D eigenvalue weighted by atomic mass is 10.2. The normalized spacial score (nSPS) is 10.5. The second-order valence-corrected chi connectivity index (χ2v) is 3.29. The van der Waals surface area contributed by atoms with E-state index in [2.05, 4.69) is 19.9 Å². The first-order valence-electron chi connectivity index (χ1n) is 4.85. The van der Waals surface area contributed by atoms with E-state index in [1.54, 1.807) is 12.4 Å². The number of imidazole rings is 1. The summed E-state index contributed by atoms with van der Waals surface area (Å²) in [7, 11) is 0. The van der Waals surface area contributed by atoms with Gasteiger partial charge in [-0.1, -0.05) is 6.92 Å². The van der Waals surface area contributed by atoms with E-state index in [1.165, 1.54) is 0 Å². The predicted octanol–water partition coefficient (Wildman–Crippen LogP) is 1.32. The zero-order chi connectivity index (χ0) is 10.8. The smallest absolute Gasteiger partial charge is 0.197 e. The summed E-state index contributed by atoms with van der Waals surface area (Å²) in [6, 6.07) is 0. The van der Waals surface area contributed by atoms with Crippen molar-refractivity contribution in [3.05, 3.63) is 23.7 Å². The molecule has 5 heteroatoms. The van der Waals surface area contributed by atoms with Gasteiger partial charge in [0.05, 0.1) is 0 Å². The number of hydrogen-bond donors (Lipinski definition) is 2. The fourth-order valence-corrected chi connectivity index (χ4v) is 1.55. The number of nitrogens with one attached hydrogen (secondary N) is 1. The minimum atomic E-state index is 0.538. The molecule has 0 spiro atoms. The van der Waals surface area contributed by atoms with E-state index in [4.69, 9.17) is 5.73 Å². The van der Waals surface area contributed by atoms with E-state index >= 15 is 0 Å². The maximum atomic E-state index is 5.85. The highest BCUT2D eigenvalue weighted by Crippen LogP contribution is 2.17. The molecule has 0 radical (unpaired) electrons. The summed E-state index contributed by atoms with van der Waals surface area (Å²) in [5, 5.41) is 0. The first kappa shape index (κ1) is 9.64. The minimum Gasteiger partial charge on any atom is -0.383 e. The number of nitrogen functional groups attached to an aromatic ring is 1. The number of aromatic nitrogens is 4. The number of nitrogens with two attached hydrogens (primary N) is 1. The molecule has 0 aliphatic rings. The van der Waals surface area contributed by atoms with Crippen molar-refractivity contribution in [2.75, 3.05) is 5.73 Å². The lowest BCUT2D eigenvalue weighted by Crippen LogP contribution is -2.04. The van der Waals surface area contributed by atoms with Crippen LogP contribution in [-0.4, -0.2) is 19.9 Å². The number of aromatic amines is 1. The number of H-pyrrole nitrogens is 1. The topological polar surface area (TPSA) is 80.5 Å². The number of hydrogen-bond acceptors (Lipinski definition) is 4. The van der Waals surface area contributed by atoms with Crippen LogP contribution < -0.4 is 5.73 Å². The molecule has 78 valence electrons. The fourth-order valence-electron chi connectivity index (χ4n) is 1.55. The molecule has 0 unspecified atom stereocenters. The number of anilines is 1. The summed E-state index contributed by atoms with van der Waals surface area (Å²) in [6.07, 6.45) is 4.24. The molecule has 0 atom stereocenters. The van der Waals surface area contributed by atoms with Crippen LogP contribution in [0.15, 0.2) is 12.4 Å². The van der Waals surface area contributed by atoms with Crippen LogP contribution in [0.25, 0.3) is 11.6 Å². The zero-order valence-electron chi connectivity index (χ0n) is 8.78. The Morgan fingerprint density at radius 1 is 1.40 bits per heavy atom. The van der Waals surface area contributed by atoms with Crippen LogP contribution in [0.2, 0.25) is 0 Å². The van der Waals surface area contributed by atoms with Gasteiger partial charge in [-0.05, 0) is 13.3 Å². The molecule has 0 bridgehead atoms. The third kappa shape index (κ3) is 1.68. The number of aryl methyl sites for hydroxylation is 1. The van der Waals surface area contributed by atoms with Crippen molar-refractivity contribution in [3.8, 4) is 11.6 Å². The van der Waals surface area contributed by atoms with E-state index in [0.29, 0.717) is 17.5 Å². The lowest BCUT2D eigenvalue weighted by molar-refractivity contribution is 0.998. The Kier molecular flexibility index (Phi) is 2.37. The van der Waals surface area contributed by atoms with Crippen molar-refractivity contribution in [1.82, 2.24) is 19.9 Å². The van der Waals surface area contributed by atoms with E-state index in [1.807, 2.05) is 13.8 Å². The van der Waals surface area contributed by atoms with Crippen molar-refractivity contribution in [2.45, 2.75) is 20.3 Å². The van der Waals surface area contributed by atoms with Gasteiger partial charge in [-0.15, -0.1) is 0 Å². The largest absolute Gasteiger partial charge is 0.383 e. The first-order chi connectivity index (χ1) is 7.22. The molecule has 2 aromatic rings. The van der Waals surface area contributed by atoms with Crippen LogP contribution in [0.5, 0.6) is 0 Å². The standard InChI is InChI=1S/C10H13N5/c1-3-7-6(2)14-10(15-8(7)11)9-12-4-5-13-9/h4-5H,3H2,1-2H3,(H,12,13)(H2,11,14,15). The summed E-state index contributed by atoms with van der Waals surface area (Å²) in [4.78, 5) is 15.6. The Morgan fingerprint density at radius 2 is 2.20 bits per heavy atom. The Hall–Kier alpha value is -1.91. The molecule has 0 saturated carbocycles. The molecular formula is C10H13N5. The van der Waals surface area contributed by atoms with Crippen LogP contribution in [0.1, 0.15) is 18.2 Å². The van der Waals surface area contributed by atoms with Crippen LogP contribution in [0.4, 0.5) is 5.82 Å². The molecule has 2 aromatic heterocycles. The maximum Gasteiger partial charge on any atom is 0.197 e. The van der Waals surface area contributed by atoms with Crippen LogP contribution in [0.3, 0.4) is 0 Å². The van der Waals surface area contributed by atoms with Crippen molar-refractivity contribution in [3.63, 3.8) is 0 Å². The van der Waals surface area contributed by atoms with Crippen LogP contribution in [0, 0.1) is 6.92 Å². The third-order valence-electron chi connectivity index (χ3n) is 2.31. The third-order valence-corrected chi connectivity index (χ3v) is 2.31. The lowest BCUT2D eigenvalue weighted by Gasteiger charge is -2.06. The van der Waals surface area contributed by atoms with Gasteiger partial charge in [0.15, 0.2) is 11.6 Å². The van der Waals surface area contributed by atoms with Gasteiger partial charge in [-0.25, -0.2) is 15.0 Å². The molecule has 0 saturated heterocycles. The molecule has 5 nitrogen and oxygen atoms in total. The fraction of sp³-hybridized carbons (Fsp3) is 0.300. The van der Waals surface area contributed by atoms with Gasteiger partial charge >= 0.3 is 0 Å². The summed E-state index contributed by atoms with van der Waals surface area (Å²) >= 11 is 0. The second-order valence-electron chi connectivity index (χ2n) is 3.29. The molecule has 15 heavy (non-hydrogen) atoms. The van der Waals surface area contributed by atoms with E-state index in [0.717, 1.165) is 17.7 Å². The minimum absolute atomic E-state index is 0.538. The van der Waals surface area contributed by atoms with Gasteiger partial charge in [0.25, 0.3) is 0 Å². The van der Waals surface area contributed by atoms with E-state index < -0.39 is 0 Å². The second kappa shape index (κ2) is 3.68. The molecule has 0 aliphatic heterocycles. The van der Waals surface area contributed by atoms with Crippen molar-refractivity contribution < 1.29 is 0 Å². The highest BCUT2D eigenvalue weighted by Gasteiger charge is 2.10. The predicted molar refractivity (Wildman–Crippen MR) is 58.1 cm³/mol. The molecule has 0 aliphatic carbocycles. The van der Waals surface area contributed by atoms with Crippen molar-refractivity contribution >= 4 is 5.82 Å². The Morgan fingerprint density at radius 3 is 2.73 bits per heavy atom. The van der Waals surface area contributed by atoms with Gasteiger partial charge in [-0.2, -0.15) is 0 Å². The average molecular weight is 203 g/mol. The Balaban J connectivity index is 2.53. The molecule has 0 fully saturated rings. The quantitative estimate of drug-likeness (QED) is 0.771. The van der Waals surface area contributed by atoms with Gasteiger partial charge < -0.3 is 10.7 Å². The Labute approximate surface area is 87.8 Å². The summed E-state index contributed by atoms with van der Waals surface area (Å²) < 4.78 is 0. The molecule has 0 aromatic carbocycles. The van der Waals surface area contributed by atoms with Crippen molar-refractivity contribution in [1.29, 1.82) is 0 Å². The first-order valence-corrected chi connectivity index (χ1v) is 4.85. The SMILES string of the molecule is CCc1c(C)nc(-c2ncc[nH]2)nc1N. The Bertz CT molecular complexity index is 438. The summed E-state index contributed by atoms with van der Waals surface area (Å²) in [5.41, 5.74) is 7.76. The number of rotatable bonds is 2. The molecule has 2 rings (SSSR count). The van der Waals surface area contributed by atoms with Gasteiger partial charge in [-0.3, -0.25) is 0 Å². The van der Waals surface area contributed by atoms with Gasteiger partial charge in [0, 0.05) is 23.7 Å². The van der Waals surface area contributed by atoms with Crippen LogP contribution in [-0.2, 0) is 6.42 Å². The van der Waals surface area contributed by atoms with Crippen LogP contribution >= 0.6 is 0 Å². The maximum absolute atomic E-state index is 5.85. The van der Waals surface area contributed by atoms with Gasteiger partial charge in [0.1, 0.15) is 5.82 Å². The summed E-state index contributed by atoms with van der Waals surface area (Å²) in [6.45, 7) is 3.97. The zero-order valence-corrected chi connectivity index (χ0v) is 8.78. The molecular weight excluding hydrogens is 190 g/mol. The molecule has 2 heterocycles. The van der Waals surface area contributed by atoms with E-state index in [-0.39, 0.29) is 0 Å². The van der Waals surface area contributed by atoms with E-state index in [9.17, 15) is 0 Å². The molecule has 3 N–H and O–H groups in total.